The lowest BCUT2D eigenvalue weighted by Gasteiger charge is -2.41. The first-order chi connectivity index (χ1) is 46.0. The number of ether oxygens (including phenoxy) is 1. The Morgan fingerprint density at radius 3 is 1.52 bits per heavy atom. The van der Waals surface area contributed by atoms with Crippen molar-refractivity contribution in [2.75, 3.05) is 76.1 Å². The van der Waals surface area contributed by atoms with E-state index in [-0.39, 0.29) is 75.3 Å². The molecule has 2 aliphatic rings. The van der Waals surface area contributed by atoms with Crippen LogP contribution in [0.5, 0.6) is 0 Å². The predicted molar refractivity (Wildman–Crippen MR) is 382 cm³/mol. The summed E-state index contributed by atoms with van der Waals surface area (Å²) in [5.41, 5.74) is 0. The molecule has 99 heavy (non-hydrogen) atoms. The summed E-state index contributed by atoms with van der Waals surface area (Å²) in [5, 5.41) is 26.4. The van der Waals surface area contributed by atoms with E-state index in [1.807, 2.05) is 48.6 Å². The quantitative estimate of drug-likeness (QED) is 0.0734. The van der Waals surface area contributed by atoms with Gasteiger partial charge in [0.05, 0.1) is 12.7 Å². The van der Waals surface area contributed by atoms with Gasteiger partial charge in [-0.15, -0.1) is 0 Å². The molecular weight excluding hydrogens is 1270 g/mol. The zero-order valence-corrected chi connectivity index (χ0v) is 64.7. The molecule has 0 saturated carbocycles. The fourth-order valence-corrected chi connectivity index (χ4v) is 13.1. The maximum Gasteiger partial charge on any atom is 0.407 e. The van der Waals surface area contributed by atoms with Crippen LogP contribution in [-0.4, -0.2) is 270 Å². The molecule has 0 aliphatic carbocycles. The third-order valence-electron chi connectivity index (χ3n) is 19.6. The zero-order valence-electron chi connectivity index (χ0n) is 64.7. The smallest absolute Gasteiger partial charge is 0.407 e. The number of aliphatic hydroxyl groups excluding tert-OH is 1. The van der Waals surface area contributed by atoms with Crippen LogP contribution in [0.3, 0.4) is 0 Å². The summed E-state index contributed by atoms with van der Waals surface area (Å²) in [4.78, 5) is 188. The van der Waals surface area contributed by atoms with E-state index >= 15 is 33.6 Å². The molecule has 0 bridgehead atoms. The summed E-state index contributed by atoms with van der Waals surface area (Å²) in [6, 6.07) is -14.3. The Bertz CT molecular complexity index is 2740. The highest BCUT2D eigenvalue weighted by Gasteiger charge is 2.47. The third-order valence-corrected chi connectivity index (χ3v) is 19.6. The van der Waals surface area contributed by atoms with Crippen molar-refractivity contribution in [1.29, 1.82) is 0 Å². The van der Waals surface area contributed by atoms with Crippen molar-refractivity contribution in [1.82, 2.24) is 65.8 Å². The zero-order chi connectivity index (χ0) is 75.9. The molecule has 2 heterocycles. The van der Waals surface area contributed by atoms with Crippen LogP contribution in [0.2, 0.25) is 0 Å². The van der Waals surface area contributed by atoms with Crippen molar-refractivity contribution in [2.45, 2.75) is 261 Å². The molecule has 0 radical (unpaired) electrons. The van der Waals surface area contributed by atoms with E-state index in [1.165, 1.54) is 94.6 Å². The fraction of sp³-hybridized carbons (Fsp3) is 0.806. The van der Waals surface area contributed by atoms with Gasteiger partial charge in [-0.05, 0) is 147 Å². The second-order valence-corrected chi connectivity index (χ2v) is 30.1. The largest absolute Gasteiger partial charge is 0.450 e. The Balaban J connectivity index is 3.03. The normalized spacial score (nSPS) is 27.0. The lowest BCUT2D eigenvalue weighted by atomic mass is 9.91. The molecule has 6 N–H and O–H groups in total. The van der Waals surface area contributed by atoms with Crippen LogP contribution in [-0.2, 0) is 57.5 Å². The number of rotatable bonds is 20. The lowest BCUT2D eigenvalue weighted by Crippen LogP contribution is -2.64. The molecule has 0 aromatic heterocycles. The highest BCUT2D eigenvalue weighted by atomic mass is 16.5. The summed E-state index contributed by atoms with van der Waals surface area (Å²) in [6.07, 6.45) is 4.56. The molecule has 0 unspecified atom stereocenters. The molecule has 2 aliphatic heterocycles. The van der Waals surface area contributed by atoms with Crippen LogP contribution in [0.15, 0.2) is 12.2 Å². The number of piperidine rings is 1. The first kappa shape index (κ1) is 88.2. The summed E-state index contributed by atoms with van der Waals surface area (Å²) < 4.78 is 5.59. The van der Waals surface area contributed by atoms with Crippen LogP contribution >= 0.6 is 0 Å². The SMILES string of the molecule is C/C=C/C[C@@H](C)[C@@H](O)[C@H]1C(=O)N[C@@H](CCC)C(=O)N(C)[C@H](C)C(=O)N(C)[C@@H]([C@H](C)CCCOC(=O)NC2CCN(C)CC2)C(=O)N[C@@H](C(C)C)C(=O)N(C)[C@@H](CC(C)C)C(=O)N[C@@H](C)C(=O)N[C@H](C)C(=O)N(C)[C@@H](CC(C)C)C(=O)N(C)[C@@H](CC(C)C)C(=O)N(C)[C@@H](C(C)C)C(=O)N1C. The summed E-state index contributed by atoms with van der Waals surface area (Å²) in [5.74, 6) is -10.8. The molecule has 2 rings (SSSR count). The number of hydrogen-bond donors (Lipinski definition) is 6. The highest BCUT2D eigenvalue weighted by Crippen LogP contribution is 2.27. The van der Waals surface area contributed by atoms with Crippen LogP contribution in [0.25, 0.3) is 0 Å². The molecule has 2 fully saturated rings. The minimum Gasteiger partial charge on any atom is -0.450 e. The van der Waals surface area contributed by atoms with Gasteiger partial charge in [0.1, 0.15) is 66.5 Å². The predicted octanol–water partition coefficient (Wildman–Crippen LogP) is 4.24. The van der Waals surface area contributed by atoms with Crippen molar-refractivity contribution in [3.05, 3.63) is 12.2 Å². The summed E-state index contributed by atoms with van der Waals surface area (Å²) in [6.45, 7) is 31.0. The van der Waals surface area contributed by atoms with Crippen molar-refractivity contribution >= 4 is 71.1 Å². The Hall–Kier alpha value is -6.90. The molecule has 0 aromatic rings. The summed E-state index contributed by atoms with van der Waals surface area (Å²) in [7, 11) is 11.9. The van der Waals surface area contributed by atoms with E-state index in [9.17, 15) is 29.1 Å². The third kappa shape index (κ3) is 25.3. The van der Waals surface area contributed by atoms with Crippen LogP contribution in [0.1, 0.15) is 182 Å². The minimum absolute atomic E-state index is 0.0256. The molecule has 566 valence electrons. The topological polar surface area (TPSA) is 320 Å². The number of likely N-dealkylation sites (tertiary alicyclic amines) is 1. The Labute approximate surface area is 592 Å². The van der Waals surface area contributed by atoms with E-state index in [0.717, 1.165) is 35.7 Å². The van der Waals surface area contributed by atoms with E-state index in [0.29, 0.717) is 6.42 Å². The maximum absolute atomic E-state index is 15.4. The van der Waals surface area contributed by atoms with Gasteiger partial charge < -0.3 is 75.6 Å². The fourth-order valence-electron chi connectivity index (χ4n) is 13.1. The number of alkyl carbamates (subject to hydrolysis) is 1. The molecule has 0 aromatic carbocycles. The number of allylic oxidation sites excluding steroid dienone is 2. The van der Waals surface area contributed by atoms with Crippen molar-refractivity contribution in [3.63, 3.8) is 0 Å². The first-order valence-electron chi connectivity index (χ1n) is 36.0. The van der Waals surface area contributed by atoms with Gasteiger partial charge in [-0.2, -0.15) is 0 Å². The standard InChI is InChI=1S/C72H129N13O14/c1-26-28-31-47(14)60(86)59-64(90)76-52(30-27-2)67(93)79(19)50(17)66(92)84(24)58(46(13)32-29-37-99-72(98)75-51-33-35-78(18)36-34-51)63(89)77-56(44(9)10)70(96)80(20)53(38-41(3)4)62(88)73-48(15)61(87)74-49(16)65(91)81(21)54(39-42(5)6)68(94)82(22)55(40-43(7)8)69(95)83(23)57(45(11)12)71(97)85(59)25/h26,28,41-60,86H,27,29-40H2,1-25H3,(H,73,88)(H,74,87)(H,75,98)(H,76,90)(H,77,89)/b28-26+/t46-,47-,48+,49-,50-,52+,53+,54+,55+,56+,57+,58+,59+,60-/m1/s1. The van der Waals surface area contributed by atoms with Gasteiger partial charge in [0.15, 0.2) is 0 Å². The van der Waals surface area contributed by atoms with Gasteiger partial charge in [0, 0.05) is 55.4 Å². The van der Waals surface area contributed by atoms with Crippen molar-refractivity contribution in [2.24, 2.45) is 41.4 Å². The maximum atomic E-state index is 15.4. The van der Waals surface area contributed by atoms with Crippen molar-refractivity contribution in [3.8, 4) is 0 Å². The minimum atomic E-state index is -1.65. The van der Waals surface area contributed by atoms with Crippen LogP contribution in [0.4, 0.5) is 4.79 Å². The number of likely N-dealkylation sites (N-methyl/N-ethyl adjacent to an activating group) is 7. The average Bonchev–Trinajstić information content (AvgIpc) is 0.810. The second-order valence-electron chi connectivity index (χ2n) is 30.1. The average molecular weight is 1400 g/mol. The van der Waals surface area contributed by atoms with E-state index in [1.54, 1.807) is 67.5 Å². The molecule has 2 saturated heterocycles. The number of hydrogen-bond acceptors (Lipinski definition) is 15. The van der Waals surface area contributed by atoms with Crippen LogP contribution < -0.4 is 26.6 Å². The van der Waals surface area contributed by atoms with Crippen molar-refractivity contribution < 1.29 is 67.4 Å². The Morgan fingerprint density at radius 1 is 0.535 bits per heavy atom. The number of carbonyl (C=O) groups excluding carboxylic acids is 12. The number of nitrogens with zero attached hydrogens (tertiary/aromatic N) is 8. The van der Waals surface area contributed by atoms with E-state index < -0.39 is 167 Å². The molecule has 12 amide bonds. The molecule has 27 heteroatoms. The number of carbonyl (C=O) groups is 12. The lowest BCUT2D eigenvalue weighted by molar-refractivity contribution is -0.157. The second kappa shape index (κ2) is 41.1. The molecule has 14 atom stereocenters. The highest BCUT2D eigenvalue weighted by molar-refractivity contribution is 6.00. The van der Waals surface area contributed by atoms with E-state index in [4.69, 9.17) is 4.74 Å². The van der Waals surface area contributed by atoms with Gasteiger partial charge in [-0.1, -0.05) is 109 Å². The molecular formula is C72H129N13O14. The van der Waals surface area contributed by atoms with Gasteiger partial charge in [0.2, 0.25) is 65.0 Å². The molecule has 27 nitrogen and oxygen atoms in total. The van der Waals surface area contributed by atoms with Gasteiger partial charge in [0.25, 0.3) is 0 Å². The van der Waals surface area contributed by atoms with Crippen LogP contribution in [0, 0.1) is 41.4 Å². The van der Waals surface area contributed by atoms with E-state index in [2.05, 4.69) is 31.5 Å². The first-order valence-corrected chi connectivity index (χ1v) is 36.0. The van der Waals surface area contributed by atoms with Gasteiger partial charge in [-0.3, -0.25) is 52.7 Å². The summed E-state index contributed by atoms with van der Waals surface area (Å²) >= 11 is 0. The monoisotopic (exact) mass is 1400 g/mol. The Morgan fingerprint density at radius 2 is 1.01 bits per heavy atom. The number of amides is 12. The number of nitrogens with one attached hydrogen (secondary N) is 5. The Kier molecular flexibility index (Phi) is 36.6. The molecule has 0 spiro atoms. The van der Waals surface area contributed by atoms with Gasteiger partial charge in [-0.25, -0.2) is 4.79 Å². The van der Waals surface area contributed by atoms with Gasteiger partial charge >= 0.3 is 6.09 Å². The number of aliphatic hydroxyl groups is 1.